The smallest absolute Gasteiger partial charge is 0.169 e. The predicted molar refractivity (Wildman–Crippen MR) is 82.8 cm³/mol. The van der Waals surface area contributed by atoms with Crippen molar-refractivity contribution in [3.63, 3.8) is 0 Å². The molecule has 0 saturated carbocycles. The molecule has 0 aromatic carbocycles. The van der Waals surface area contributed by atoms with Crippen LogP contribution in [-0.4, -0.2) is 36.2 Å². The molecule has 0 radical (unpaired) electrons. The van der Waals surface area contributed by atoms with Crippen LogP contribution in [0.15, 0.2) is 45.6 Å². The molecule has 2 aromatic rings. The molecular formula is C15H20N3O2S+. The zero-order chi connectivity index (χ0) is 14.5. The molecule has 0 atom stereocenters. The average molecular weight is 306 g/mol. The number of thiocarbonyl (C=S) groups is 1. The third kappa shape index (κ3) is 3.86. The molecule has 112 valence electrons. The van der Waals surface area contributed by atoms with Crippen molar-refractivity contribution in [2.45, 2.75) is 13.1 Å². The minimum atomic E-state index is 0.644. The SMILES string of the molecule is S=C(NCc1ccco1)N1CC[NH+](Cc2ccco2)CC1. The van der Waals surface area contributed by atoms with Crippen molar-refractivity contribution < 1.29 is 13.7 Å². The van der Waals surface area contributed by atoms with Crippen LogP contribution in [0.5, 0.6) is 0 Å². The lowest BCUT2D eigenvalue weighted by Crippen LogP contribution is -3.13. The molecule has 0 aliphatic carbocycles. The van der Waals surface area contributed by atoms with Crippen molar-refractivity contribution in [2.75, 3.05) is 26.2 Å². The van der Waals surface area contributed by atoms with Gasteiger partial charge in [-0.25, -0.2) is 0 Å². The summed E-state index contributed by atoms with van der Waals surface area (Å²) < 4.78 is 10.7. The Morgan fingerprint density at radius 2 is 1.81 bits per heavy atom. The minimum Gasteiger partial charge on any atom is -0.467 e. The molecule has 0 bridgehead atoms. The number of hydrogen-bond donors (Lipinski definition) is 2. The number of hydrogen-bond acceptors (Lipinski definition) is 3. The van der Waals surface area contributed by atoms with Crippen molar-refractivity contribution in [1.82, 2.24) is 10.2 Å². The molecule has 21 heavy (non-hydrogen) atoms. The van der Waals surface area contributed by atoms with Crippen LogP contribution in [0.3, 0.4) is 0 Å². The third-order valence-electron chi connectivity index (χ3n) is 3.76. The van der Waals surface area contributed by atoms with Crippen molar-refractivity contribution in [1.29, 1.82) is 0 Å². The van der Waals surface area contributed by atoms with Gasteiger partial charge < -0.3 is 24.0 Å². The second-order valence-corrected chi connectivity index (χ2v) is 5.62. The van der Waals surface area contributed by atoms with Gasteiger partial charge in [-0.15, -0.1) is 0 Å². The van der Waals surface area contributed by atoms with Crippen LogP contribution >= 0.6 is 12.2 Å². The lowest BCUT2D eigenvalue weighted by Gasteiger charge is -2.33. The molecule has 3 rings (SSSR count). The quantitative estimate of drug-likeness (QED) is 0.812. The first-order valence-electron chi connectivity index (χ1n) is 7.22. The van der Waals surface area contributed by atoms with E-state index in [1.807, 2.05) is 24.3 Å². The highest BCUT2D eigenvalue weighted by atomic mass is 32.1. The minimum absolute atomic E-state index is 0.644. The average Bonchev–Trinajstić information content (AvgIpc) is 3.19. The highest BCUT2D eigenvalue weighted by molar-refractivity contribution is 7.80. The Kier molecular flexibility index (Phi) is 4.57. The highest BCUT2D eigenvalue weighted by Gasteiger charge is 2.22. The molecule has 1 saturated heterocycles. The Balaban J connectivity index is 1.41. The van der Waals surface area contributed by atoms with Crippen molar-refractivity contribution in [2.24, 2.45) is 0 Å². The van der Waals surface area contributed by atoms with Gasteiger partial charge in [0.15, 0.2) is 10.9 Å². The maximum absolute atomic E-state index is 5.45. The molecule has 0 amide bonds. The van der Waals surface area contributed by atoms with E-state index < -0.39 is 0 Å². The first-order valence-corrected chi connectivity index (χ1v) is 7.63. The maximum atomic E-state index is 5.45. The molecule has 0 unspecified atom stereocenters. The van der Waals surface area contributed by atoms with Crippen LogP contribution in [0, 0.1) is 0 Å². The fourth-order valence-corrected chi connectivity index (χ4v) is 2.80. The van der Waals surface area contributed by atoms with Crippen LogP contribution in [0.2, 0.25) is 0 Å². The Bertz CT molecular complexity index is 546. The fourth-order valence-electron chi connectivity index (χ4n) is 2.55. The molecule has 2 N–H and O–H groups in total. The van der Waals surface area contributed by atoms with Gasteiger partial charge in [0.1, 0.15) is 12.3 Å². The fraction of sp³-hybridized carbons (Fsp3) is 0.400. The van der Waals surface area contributed by atoms with Gasteiger partial charge in [0.2, 0.25) is 0 Å². The van der Waals surface area contributed by atoms with E-state index in [2.05, 4.69) is 10.2 Å². The second-order valence-electron chi connectivity index (χ2n) is 5.23. The van der Waals surface area contributed by atoms with Crippen LogP contribution in [0.1, 0.15) is 11.5 Å². The first-order chi connectivity index (χ1) is 10.3. The van der Waals surface area contributed by atoms with Gasteiger partial charge in [-0.1, -0.05) is 0 Å². The molecule has 5 nitrogen and oxygen atoms in total. The molecule has 0 spiro atoms. The summed E-state index contributed by atoms with van der Waals surface area (Å²) in [7, 11) is 0. The molecule has 1 aliphatic heterocycles. The van der Waals surface area contributed by atoms with Gasteiger partial charge in [0, 0.05) is 0 Å². The van der Waals surface area contributed by atoms with E-state index in [4.69, 9.17) is 21.1 Å². The normalized spacial score (nSPS) is 16.1. The van der Waals surface area contributed by atoms with E-state index >= 15 is 0 Å². The molecule has 2 aromatic heterocycles. The summed E-state index contributed by atoms with van der Waals surface area (Å²) in [5, 5.41) is 4.06. The van der Waals surface area contributed by atoms with Crippen molar-refractivity contribution >= 4 is 17.3 Å². The number of quaternary nitrogens is 1. The summed E-state index contributed by atoms with van der Waals surface area (Å²) in [6, 6.07) is 7.81. The molecule has 1 aliphatic rings. The van der Waals surface area contributed by atoms with Gasteiger partial charge >= 0.3 is 0 Å². The number of nitrogens with zero attached hydrogens (tertiary/aromatic N) is 1. The summed E-state index contributed by atoms with van der Waals surface area (Å²) in [6.07, 6.45) is 3.41. The van der Waals surface area contributed by atoms with E-state index in [-0.39, 0.29) is 0 Å². The topological polar surface area (TPSA) is 46.0 Å². The lowest BCUT2D eigenvalue weighted by molar-refractivity contribution is -0.918. The summed E-state index contributed by atoms with van der Waals surface area (Å²) >= 11 is 5.45. The summed E-state index contributed by atoms with van der Waals surface area (Å²) in [6.45, 7) is 5.69. The number of furan rings is 2. The largest absolute Gasteiger partial charge is 0.467 e. The summed E-state index contributed by atoms with van der Waals surface area (Å²) in [5.74, 6) is 1.96. The van der Waals surface area contributed by atoms with Crippen molar-refractivity contribution in [3.8, 4) is 0 Å². The highest BCUT2D eigenvalue weighted by Crippen LogP contribution is 2.01. The Hall–Kier alpha value is -1.79. The van der Waals surface area contributed by atoms with Gasteiger partial charge in [0.25, 0.3) is 0 Å². The van der Waals surface area contributed by atoms with E-state index in [1.54, 1.807) is 12.5 Å². The number of rotatable bonds is 4. The van der Waals surface area contributed by atoms with Crippen LogP contribution < -0.4 is 10.2 Å². The van der Waals surface area contributed by atoms with Gasteiger partial charge in [-0.3, -0.25) is 0 Å². The predicted octanol–water partition coefficient (Wildman–Crippen LogP) is 0.648. The molecule has 6 heteroatoms. The Morgan fingerprint density at radius 1 is 1.14 bits per heavy atom. The standard InChI is InChI=1S/C15H19N3O2S/c21-15(16-11-13-3-1-9-19-13)18-7-5-17(6-8-18)12-14-4-2-10-20-14/h1-4,9-10H,5-8,11-12H2,(H,16,21)/p+1. The monoisotopic (exact) mass is 306 g/mol. The van der Waals surface area contributed by atoms with Gasteiger partial charge in [-0.2, -0.15) is 0 Å². The lowest BCUT2D eigenvalue weighted by atomic mass is 10.3. The number of nitrogens with one attached hydrogen (secondary N) is 2. The third-order valence-corrected chi connectivity index (χ3v) is 4.16. The first kappa shape index (κ1) is 14.2. The molecule has 1 fully saturated rings. The molecular weight excluding hydrogens is 286 g/mol. The van der Waals surface area contributed by atoms with Crippen LogP contribution in [0.4, 0.5) is 0 Å². The van der Waals surface area contributed by atoms with Gasteiger partial charge in [-0.05, 0) is 36.5 Å². The zero-order valence-corrected chi connectivity index (χ0v) is 12.7. The van der Waals surface area contributed by atoms with Crippen molar-refractivity contribution in [3.05, 3.63) is 48.3 Å². The van der Waals surface area contributed by atoms with Crippen LogP contribution in [-0.2, 0) is 13.1 Å². The van der Waals surface area contributed by atoms with E-state index in [1.165, 1.54) is 4.90 Å². The zero-order valence-electron chi connectivity index (χ0n) is 11.9. The summed E-state index contributed by atoms with van der Waals surface area (Å²) in [5.41, 5.74) is 0. The van der Waals surface area contributed by atoms with Gasteiger partial charge in [0.05, 0.1) is 45.3 Å². The number of piperazine rings is 1. The summed E-state index contributed by atoms with van der Waals surface area (Å²) in [4.78, 5) is 3.76. The van der Waals surface area contributed by atoms with E-state index in [9.17, 15) is 0 Å². The molecule has 3 heterocycles. The van der Waals surface area contributed by atoms with E-state index in [0.29, 0.717) is 6.54 Å². The Labute approximate surface area is 129 Å². The Morgan fingerprint density at radius 3 is 2.43 bits per heavy atom. The van der Waals surface area contributed by atoms with E-state index in [0.717, 1.165) is 49.4 Å². The van der Waals surface area contributed by atoms with Crippen LogP contribution in [0.25, 0.3) is 0 Å². The second kappa shape index (κ2) is 6.78. The maximum Gasteiger partial charge on any atom is 0.169 e.